The fraction of sp³-hybridized carbons (Fsp3) is 0.536. The molecule has 1 N–H and O–H groups in total. The SMILES string of the molecule is CC(=O)O[C@H]1C(O)O[C@H](CO[Si](C)(C)C(C)(C)C)[C@H](OCc2ccccc2)[C@@H]1OCc1ccccc1. The number of ether oxygens (including phenoxy) is 4. The van der Waals surface area contributed by atoms with Crippen molar-refractivity contribution in [3.05, 3.63) is 71.8 Å². The molecule has 7 nitrogen and oxygen atoms in total. The maximum absolute atomic E-state index is 11.9. The molecule has 1 aliphatic rings. The van der Waals surface area contributed by atoms with E-state index >= 15 is 0 Å². The van der Waals surface area contributed by atoms with Gasteiger partial charge in [0.2, 0.25) is 0 Å². The van der Waals surface area contributed by atoms with Gasteiger partial charge >= 0.3 is 5.97 Å². The molecule has 198 valence electrons. The lowest BCUT2D eigenvalue weighted by atomic mass is 9.98. The summed E-state index contributed by atoms with van der Waals surface area (Å²) in [5.41, 5.74) is 1.94. The number of hydrogen-bond acceptors (Lipinski definition) is 7. The Morgan fingerprint density at radius 1 is 0.889 bits per heavy atom. The number of aliphatic hydroxyl groups excluding tert-OH is 1. The Balaban J connectivity index is 1.87. The van der Waals surface area contributed by atoms with E-state index in [1.165, 1.54) is 6.92 Å². The minimum Gasteiger partial charge on any atom is -0.454 e. The Kier molecular flexibility index (Phi) is 9.85. The van der Waals surface area contributed by atoms with Crippen LogP contribution in [0.25, 0.3) is 0 Å². The van der Waals surface area contributed by atoms with Crippen molar-refractivity contribution < 1.29 is 33.3 Å². The topological polar surface area (TPSA) is 83.5 Å². The average Bonchev–Trinajstić information content (AvgIpc) is 2.82. The Bertz CT molecular complexity index is 945. The summed E-state index contributed by atoms with van der Waals surface area (Å²) in [7, 11) is -2.11. The van der Waals surface area contributed by atoms with Crippen molar-refractivity contribution >= 4 is 14.3 Å². The second-order valence-electron chi connectivity index (χ2n) is 10.7. The van der Waals surface area contributed by atoms with E-state index in [2.05, 4.69) is 33.9 Å². The van der Waals surface area contributed by atoms with Crippen LogP contribution in [-0.4, -0.2) is 56.7 Å². The third kappa shape index (κ3) is 7.71. The summed E-state index contributed by atoms with van der Waals surface area (Å²) in [6.07, 6.45) is -4.46. The Labute approximate surface area is 215 Å². The van der Waals surface area contributed by atoms with Crippen LogP contribution in [-0.2, 0) is 41.4 Å². The van der Waals surface area contributed by atoms with E-state index in [9.17, 15) is 9.90 Å². The standard InChI is InChI=1S/C28H40O7Si/c1-20(29)34-26-25(32-18-22-15-11-8-12-16-22)24(31-17-21-13-9-7-10-14-21)23(35-27(26)30)19-33-36(5,6)28(2,3)4/h7-16,23-27,30H,17-19H2,1-6H3/t23-,24+,25+,26-,27?/m1/s1. The van der Waals surface area contributed by atoms with Crippen LogP contribution in [0, 0.1) is 0 Å². The number of hydrogen-bond donors (Lipinski definition) is 1. The monoisotopic (exact) mass is 516 g/mol. The van der Waals surface area contributed by atoms with Gasteiger partial charge in [-0.05, 0) is 29.3 Å². The van der Waals surface area contributed by atoms with Gasteiger partial charge in [-0.3, -0.25) is 4.79 Å². The van der Waals surface area contributed by atoms with E-state index in [1.807, 2.05) is 60.7 Å². The maximum atomic E-state index is 11.9. The largest absolute Gasteiger partial charge is 0.454 e. The van der Waals surface area contributed by atoms with Gasteiger partial charge in [-0.25, -0.2) is 0 Å². The first-order valence-electron chi connectivity index (χ1n) is 12.4. The van der Waals surface area contributed by atoms with Crippen molar-refractivity contribution in [2.24, 2.45) is 0 Å². The van der Waals surface area contributed by atoms with Crippen molar-refractivity contribution in [1.82, 2.24) is 0 Å². The van der Waals surface area contributed by atoms with Crippen LogP contribution in [0.3, 0.4) is 0 Å². The second-order valence-corrected chi connectivity index (χ2v) is 15.5. The number of rotatable bonds is 10. The number of carbonyl (C=O) groups excluding carboxylic acids is 1. The Morgan fingerprint density at radius 3 is 1.86 bits per heavy atom. The van der Waals surface area contributed by atoms with Gasteiger partial charge in [0.25, 0.3) is 0 Å². The summed E-state index contributed by atoms with van der Waals surface area (Å²) in [6.45, 7) is 12.9. The van der Waals surface area contributed by atoms with Crippen LogP contribution < -0.4 is 0 Å². The minimum atomic E-state index is -2.11. The van der Waals surface area contributed by atoms with E-state index in [0.29, 0.717) is 6.61 Å². The summed E-state index contributed by atoms with van der Waals surface area (Å²) in [4.78, 5) is 11.9. The van der Waals surface area contributed by atoms with Gasteiger partial charge in [0.1, 0.15) is 18.3 Å². The second kappa shape index (κ2) is 12.4. The molecule has 0 radical (unpaired) electrons. The highest BCUT2D eigenvalue weighted by molar-refractivity contribution is 6.74. The minimum absolute atomic E-state index is 0.00413. The van der Waals surface area contributed by atoms with Crippen molar-refractivity contribution in [3.63, 3.8) is 0 Å². The molecule has 0 saturated carbocycles. The van der Waals surface area contributed by atoms with E-state index in [-0.39, 0.29) is 18.3 Å². The molecule has 1 fully saturated rings. The van der Waals surface area contributed by atoms with E-state index in [0.717, 1.165) is 11.1 Å². The zero-order valence-electron chi connectivity index (χ0n) is 22.2. The predicted octanol–water partition coefficient (Wildman–Crippen LogP) is 4.83. The lowest BCUT2D eigenvalue weighted by molar-refractivity contribution is -0.307. The summed E-state index contributed by atoms with van der Waals surface area (Å²) in [5.74, 6) is -0.534. The molecule has 0 aromatic heterocycles. The molecule has 36 heavy (non-hydrogen) atoms. The van der Waals surface area contributed by atoms with Crippen molar-refractivity contribution in [2.75, 3.05) is 6.61 Å². The fourth-order valence-electron chi connectivity index (χ4n) is 3.78. The number of aliphatic hydroxyl groups is 1. The van der Waals surface area contributed by atoms with Crippen molar-refractivity contribution in [3.8, 4) is 0 Å². The van der Waals surface area contributed by atoms with Crippen LogP contribution in [0.4, 0.5) is 0 Å². The van der Waals surface area contributed by atoms with Crippen LogP contribution in [0.2, 0.25) is 18.1 Å². The molecule has 1 saturated heterocycles. The number of carbonyl (C=O) groups is 1. The third-order valence-electron chi connectivity index (χ3n) is 6.90. The van der Waals surface area contributed by atoms with E-state index in [1.54, 1.807) is 0 Å². The van der Waals surface area contributed by atoms with Gasteiger partial charge < -0.3 is 28.5 Å². The molecule has 3 rings (SSSR count). The van der Waals surface area contributed by atoms with Crippen molar-refractivity contribution in [1.29, 1.82) is 0 Å². The molecule has 0 bridgehead atoms. The van der Waals surface area contributed by atoms with Gasteiger partial charge in [0.15, 0.2) is 20.7 Å². The highest BCUT2D eigenvalue weighted by Gasteiger charge is 2.50. The zero-order valence-corrected chi connectivity index (χ0v) is 23.2. The molecule has 1 heterocycles. The fourth-order valence-corrected chi connectivity index (χ4v) is 4.79. The Hall–Kier alpha value is -2.07. The predicted molar refractivity (Wildman–Crippen MR) is 140 cm³/mol. The molecule has 1 unspecified atom stereocenters. The van der Waals surface area contributed by atoms with Crippen LogP contribution in [0.15, 0.2) is 60.7 Å². The molecule has 8 heteroatoms. The molecule has 5 atom stereocenters. The van der Waals surface area contributed by atoms with Gasteiger partial charge in [-0.2, -0.15) is 0 Å². The molecule has 0 aliphatic carbocycles. The average molecular weight is 517 g/mol. The summed E-state index contributed by atoms with van der Waals surface area (Å²) < 4.78 is 30.6. The summed E-state index contributed by atoms with van der Waals surface area (Å²) in [6, 6.07) is 19.5. The molecule has 2 aromatic carbocycles. The van der Waals surface area contributed by atoms with E-state index in [4.69, 9.17) is 23.4 Å². The first-order valence-corrected chi connectivity index (χ1v) is 15.3. The van der Waals surface area contributed by atoms with E-state index < -0.39 is 45.0 Å². The van der Waals surface area contributed by atoms with Crippen LogP contribution in [0.1, 0.15) is 38.8 Å². The molecular weight excluding hydrogens is 476 g/mol. The van der Waals surface area contributed by atoms with Crippen LogP contribution in [0.5, 0.6) is 0 Å². The first-order chi connectivity index (χ1) is 17.0. The quantitative estimate of drug-likeness (QED) is 0.358. The molecule has 2 aromatic rings. The lowest BCUT2D eigenvalue weighted by Gasteiger charge is -2.45. The normalized spacial score (nSPS) is 24.9. The molecule has 1 aliphatic heterocycles. The number of benzene rings is 2. The maximum Gasteiger partial charge on any atom is 0.303 e. The van der Waals surface area contributed by atoms with Gasteiger partial charge in [0.05, 0.1) is 19.8 Å². The number of esters is 1. The highest BCUT2D eigenvalue weighted by Crippen LogP contribution is 2.37. The third-order valence-corrected chi connectivity index (χ3v) is 11.4. The van der Waals surface area contributed by atoms with Gasteiger partial charge in [-0.15, -0.1) is 0 Å². The molecular formula is C28H40O7Si. The van der Waals surface area contributed by atoms with Crippen molar-refractivity contribution in [2.45, 2.75) is 89.7 Å². The lowest BCUT2D eigenvalue weighted by Crippen LogP contribution is -2.62. The van der Waals surface area contributed by atoms with Gasteiger partial charge in [0, 0.05) is 6.92 Å². The van der Waals surface area contributed by atoms with Crippen LogP contribution >= 0.6 is 0 Å². The first kappa shape index (κ1) is 28.5. The summed E-state index contributed by atoms with van der Waals surface area (Å²) >= 11 is 0. The Morgan fingerprint density at radius 2 is 1.39 bits per heavy atom. The molecule has 0 spiro atoms. The van der Waals surface area contributed by atoms with Gasteiger partial charge in [-0.1, -0.05) is 81.4 Å². The zero-order chi connectivity index (χ0) is 26.3. The molecule has 0 amide bonds. The summed E-state index contributed by atoms with van der Waals surface area (Å²) in [5, 5.41) is 10.9. The highest BCUT2D eigenvalue weighted by atomic mass is 28.4. The smallest absolute Gasteiger partial charge is 0.303 e.